The third-order valence-electron chi connectivity index (χ3n) is 7.07. The van der Waals surface area contributed by atoms with Crippen LogP contribution in [0.15, 0.2) is 109 Å². The Balaban J connectivity index is 1.37. The van der Waals surface area contributed by atoms with E-state index in [0.717, 1.165) is 11.1 Å². The first-order valence-corrected chi connectivity index (χ1v) is 13.7. The molecule has 0 aliphatic carbocycles. The summed E-state index contributed by atoms with van der Waals surface area (Å²) in [6.45, 7) is 2.31. The van der Waals surface area contributed by atoms with Crippen LogP contribution in [-0.4, -0.2) is 39.9 Å². The Kier molecular flexibility index (Phi) is 7.73. The third-order valence-corrected chi connectivity index (χ3v) is 7.07. The van der Waals surface area contributed by atoms with Crippen LogP contribution in [0.4, 0.5) is 11.6 Å². The SMILES string of the molecule is COc1cc(OC)cc(-c2nc3n(n2)C(c2ccc(OCc4ccccc4)cc2)C(C(=O)Nc2cccnc2)=C(C)N3)c1. The van der Waals surface area contributed by atoms with E-state index in [2.05, 4.69) is 15.6 Å². The number of fused-ring (bicyclic) bond motifs is 1. The van der Waals surface area contributed by atoms with Crippen molar-refractivity contribution in [3.05, 3.63) is 120 Å². The van der Waals surface area contributed by atoms with Gasteiger partial charge >= 0.3 is 0 Å². The summed E-state index contributed by atoms with van der Waals surface area (Å²) in [6, 6.07) is 26.1. The lowest BCUT2D eigenvalue weighted by atomic mass is 9.95. The first kappa shape index (κ1) is 27.5. The highest BCUT2D eigenvalue weighted by atomic mass is 16.5. The second-order valence-electron chi connectivity index (χ2n) is 9.91. The molecule has 1 atom stereocenters. The molecule has 3 heterocycles. The number of hydrogen-bond acceptors (Lipinski definition) is 8. The first-order valence-electron chi connectivity index (χ1n) is 13.7. The van der Waals surface area contributed by atoms with Gasteiger partial charge in [0, 0.05) is 23.5 Å². The average Bonchev–Trinajstić information content (AvgIpc) is 3.48. The number of carbonyl (C=O) groups excluding carboxylic acids is 1. The van der Waals surface area contributed by atoms with Gasteiger partial charge in [-0.15, -0.1) is 5.10 Å². The number of rotatable bonds is 9. The molecule has 10 heteroatoms. The van der Waals surface area contributed by atoms with E-state index in [0.29, 0.717) is 58.1 Å². The highest BCUT2D eigenvalue weighted by Gasteiger charge is 2.34. The second-order valence-corrected chi connectivity index (χ2v) is 9.91. The maximum absolute atomic E-state index is 13.8. The Morgan fingerprint density at radius 1 is 0.930 bits per heavy atom. The van der Waals surface area contributed by atoms with Crippen molar-refractivity contribution in [3.8, 4) is 28.6 Å². The molecule has 0 radical (unpaired) electrons. The van der Waals surface area contributed by atoms with Crippen LogP contribution in [0.3, 0.4) is 0 Å². The van der Waals surface area contributed by atoms with Gasteiger partial charge < -0.3 is 24.8 Å². The van der Waals surface area contributed by atoms with Crippen molar-refractivity contribution in [2.24, 2.45) is 0 Å². The van der Waals surface area contributed by atoms with Gasteiger partial charge in [0.05, 0.1) is 31.7 Å². The number of aromatic nitrogens is 4. The number of nitrogens with zero attached hydrogens (tertiary/aromatic N) is 4. The van der Waals surface area contributed by atoms with Crippen LogP contribution in [0.2, 0.25) is 0 Å². The molecule has 1 unspecified atom stereocenters. The van der Waals surface area contributed by atoms with Crippen molar-refractivity contribution in [3.63, 3.8) is 0 Å². The molecule has 0 saturated heterocycles. The minimum atomic E-state index is -0.579. The van der Waals surface area contributed by atoms with E-state index in [1.165, 1.54) is 0 Å². The van der Waals surface area contributed by atoms with Crippen molar-refractivity contribution in [1.82, 2.24) is 19.7 Å². The summed E-state index contributed by atoms with van der Waals surface area (Å²) < 4.78 is 18.7. The van der Waals surface area contributed by atoms with Crippen LogP contribution in [0.25, 0.3) is 11.4 Å². The molecule has 2 N–H and O–H groups in total. The Bertz CT molecular complexity index is 1750. The van der Waals surface area contributed by atoms with E-state index in [4.69, 9.17) is 24.3 Å². The van der Waals surface area contributed by atoms with Gasteiger partial charge in [0.2, 0.25) is 5.95 Å². The fourth-order valence-electron chi connectivity index (χ4n) is 4.93. The number of methoxy groups -OCH3 is 2. The largest absolute Gasteiger partial charge is 0.497 e. The molecule has 43 heavy (non-hydrogen) atoms. The highest BCUT2D eigenvalue weighted by Crippen LogP contribution is 2.38. The quantitative estimate of drug-likeness (QED) is 0.225. The van der Waals surface area contributed by atoms with Gasteiger partial charge in [0.1, 0.15) is 29.9 Å². The Hall–Kier alpha value is -5.64. The van der Waals surface area contributed by atoms with Crippen LogP contribution in [-0.2, 0) is 11.4 Å². The summed E-state index contributed by atoms with van der Waals surface area (Å²) in [6.07, 6.45) is 3.26. The van der Waals surface area contributed by atoms with Gasteiger partial charge in [-0.25, -0.2) is 4.68 Å². The number of pyridine rings is 1. The Morgan fingerprint density at radius 3 is 2.35 bits per heavy atom. The maximum Gasteiger partial charge on any atom is 0.255 e. The molecule has 0 fully saturated rings. The molecular formula is C33H30N6O4. The number of allylic oxidation sites excluding steroid dienone is 1. The monoisotopic (exact) mass is 574 g/mol. The maximum atomic E-state index is 13.8. The number of anilines is 2. The molecule has 10 nitrogen and oxygen atoms in total. The number of benzene rings is 3. The van der Waals surface area contributed by atoms with E-state index in [9.17, 15) is 4.79 Å². The molecule has 1 aliphatic rings. The molecule has 6 rings (SSSR count). The number of ether oxygens (including phenoxy) is 3. The minimum Gasteiger partial charge on any atom is -0.497 e. The van der Waals surface area contributed by atoms with Gasteiger partial charge in [-0.1, -0.05) is 42.5 Å². The van der Waals surface area contributed by atoms with Crippen LogP contribution < -0.4 is 24.8 Å². The summed E-state index contributed by atoms with van der Waals surface area (Å²) in [5.41, 5.74) is 4.36. The standard InChI is InChI=1S/C33H30N6O4/c1-21-29(32(40)36-25-10-7-15-34-19-25)30(23-11-13-26(14-12-23)43-20-22-8-5-4-6-9-22)39-33(35-21)37-31(38-39)24-16-27(41-2)18-28(17-24)42-3/h4-19,30H,20H2,1-3H3,(H,36,40)(H,35,37,38). The van der Waals surface area contributed by atoms with Gasteiger partial charge in [0.25, 0.3) is 5.91 Å². The summed E-state index contributed by atoms with van der Waals surface area (Å²) in [5, 5.41) is 11.1. The van der Waals surface area contributed by atoms with Crippen molar-refractivity contribution in [1.29, 1.82) is 0 Å². The average molecular weight is 575 g/mol. The topological polar surface area (TPSA) is 112 Å². The van der Waals surface area contributed by atoms with Crippen LogP contribution in [0.1, 0.15) is 24.1 Å². The number of amides is 1. The van der Waals surface area contributed by atoms with Gasteiger partial charge in [-0.3, -0.25) is 9.78 Å². The summed E-state index contributed by atoms with van der Waals surface area (Å²) in [4.78, 5) is 22.7. The summed E-state index contributed by atoms with van der Waals surface area (Å²) in [5.74, 6) is 2.62. The van der Waals surface area contributed by atoms with E-state index in [-0.39, 0.29) is 5.91 Å². The van der Waals surface area contributed by atoms with Gasteiger partial charge in [-0.05, 0) is 54.4 Å². The lowest BCUT2D eigenvalue weighted by Gasteiger charge is -2.28. The number of hydrogen-bond donors (Lipinski definition) is 2. The van der Waals surface area contributed by atoms with E-state index in [1.807, 2.05) is 73.7 Å². The lowest BCUT2D eigenvalue weighted by Crippen LogP contribution is -2.31. The van der Waals surface area contributed by atoms with E-state index < -0.39 is 6.04 Å². The predicted octanol–water partition coefficient (Wildman–Crippen LogP) is 5.86. The van der Waals surface area contributed by atoms with E-state index >= 15 is 0 Å². The summed E-state index contributed by atoms with van der Waals surface area (Å²) in [7, 11) is 3.19. The van der Waals surface area contributed by atoms with Crippen molar-refractivity contribution in [2.75, 3.05) is 24.9 Å². The number of carbonyl (C=O) groups is 1. The molecule has 2 aromatic heterocycles. The normalized spacial score (nSPS) is 14.0. The molecule has 0 spiro atoms. The van der Waals surface area contributed by atoms with Crippen molar-refractivity contribution < 1.29 is 19.0 Å². The zero-order valence-electron chi connectivity index (χ0n) is 23.9. The molecule has 0 bridgehead atoms. The Labute approximate surface area is 249 Å². The van der Waals surface area contributed by atoms with Gasteiger partial charge in [0.15, 0.2) is 5.82 Å². The van der Waals surface area contributed by atoms with Crippen molar-refractivity contribution in [2.45, 2.75) is 19.6 Å². The minimum absolute atomic E-state index is 0.279. The highest BCUT2D eigenvalue weighted by molar-refractivity contribution is 6.06. The zero-order valence-corrected chi connectivity index (χ0v) is 23.9. The van der Waals surface area contributed by atoms with Crippen LogP contribution in [0, 0.1) is 0 Å². The fraction of sp³-hybridized carbons (Fsp3) is 0.152. The molecule has 1 aliphatic heterocycles. The molecular weight excluding hydrogens is 544 g/mol. The van der Waals surface area contributed by atoms with Crippen LogP contribution in [0.5, 0.6) is 17.2 Å². The van der Waals surface area contributed by atoms with Crippen LogP contribution >= 0.6 is 0 Å². The van der Waals surface area contributed by atoms with E-state index in [1.54, 1.807) is 49.5 Å². The molecule has 5 aromatic rings. The van der Waals surface area contributed by atoms with Crippen molar-refractivity contribution >= 4 is 17.5 Å². The van der Waals surface area contributed by atoms with Gasteiger partial charge in [-0.2, -0.15) is 4.98 Å². The smallest absolute Gasteiger partial charge is 0.255 e. The molecule has 1 amide bonds. The predicted molar refractivity (Wildman–Crippen MR) is 163 cm³/mol. The summed E-state index contributed by atoms with van der Waals surface area (Å²) >= 11 is 0. The molecule has 0 saturated carbocycles. The zero-order chi connectivity index (χ0) is 29.8. The second kappa shape index (κ2) is 12.1. The number of nitrogens with one attached hydrogen (secondary N) is 2. The lowest BCUT2D eigenvalue weighted by molar-refractivity contribution is -0.113. The fourth-order valence-corrected chi connectivity index (χ4v) is 4.93. The molecule has 216 valence electrons. The molecule has 3 aromatic carbocycles. The third kappa shape index (κ3) is 5.89. The first-order chi connectivity index (χ1) is 21.0. The Morgan fingerprint density at radius 2 is 1.67 bits per heavy atom.